The number of nitrogens with two attached hydrogens (primary N) is 1. The molecule has 0 saturated carbocycles. The number of fused-ring (bicyclic) bond motifs is 1. The van der Waals surface area contributed by atoms with Crippen molar-refractivity contribution >= 4 is 50.4 Å². The number of H-pyrrole nitrogens is 1. The molecule has 34 heavy (non-hydrogen) atoms. The Kier molecular flexibility index (Phi) is 6.90. The van der Waals surface area contributed by atoms with Crippen molar-refractivity contribution < 1.29 is 4.79 Å². The molecule has 0 aliphatic rings. The van der Waals surface area contributed by atoms with Gasteiger partial charge in [0.1, 0.15) is 10.7 Å². The summed E-state index contributed by atoms with van der Waals surface area (Å²) in [5, 5.41) is 1.18. The zero-order chi connectivity index (χ0) is 24.4. The molecular weight excluding hydrogens is 472 g/mol. The molecule has 9 heteroatoms. The molecule has 0 unspecified atom stereocenters. The quantitative estimate of drug-likeness (QED) is 0.384. The fourth-order valence-corrected chi connectivity index (χ4v) is 5.55. The average molecular weight is 497 g/mol. The van der Waals surface area contributed by atoms with E-state index in [1.54, 1.807) is 0 Å². The van der Waals surface area contributed by atoms with Crippen LogP contribution >= 0.6 is 22.9 Å². The maximum absolute atomic E-state index is 13.8. The molecule has 0 fully saturated rings. The van der Waals surface area contributed by atoms with Gasteiger partial charge in [0, 0.05) is 16.6 Å². The van der Waals surface area contributed by atoms with E-state index in [1.165, 1.54) is 20.8 Å². The second kappa shape index (κ2) is 9.87. The summed E-state index contributed by atoms with van der Waals surface area (Å²) in [6.07, 6.45) is 1.44. The molecule has 0 spiro atoms. The lowest BCUT2D eigenvalue weighted by atomic mass is 10.1. The Labute approximate surface area is 205 Å². The fourth-order valence-electron chi connectivity index (χ4n) is 3.93. The van der Waals surface area contributed by atoms with E-state index >= 15 is 0 Å². The summed E-state index contributed by atoms with van der Waals surface area (Å²) >= 11 is 7.94. The first-order valence-electron chi connectivity index (χ1n) is 11.0. The highest BCUT2D eigenvalue weighted by Crippen LogP contribution is 2.38. The zero-order valence-electron chi connectivity index (χ0n) is 18.9. The molecule has 0 bridgehead atoms. The first-order valence-corrected chi connectivity index (χ1v) is 12.2. The van der Waals surface area contributed by atoms with Crippen LogP contribution in [0.25, 0.3) is 10.1 Å². The molecule has 4 rings (SSSR count). The molecule has 3 N–H and O–H groups in total. The van der Waals surface area contributed by atoms with E-state index in [2.05, 4.69) is 4.98 Å². The first kappa shape index (κ1) is 23.8. The summed E-state index contributed by atoms with van der Waals surface area (Å²) < 4.78 is 2.16. The van der Waals surface area contributed by atoms with Crippen molar-refractivity contribution in [3.63, 3.8) is 0 Å². The number of anilines is 2. The van der Waals surface area contributed by atoms with E-state index in [4.69, 9.17) is 17.3 Å². The highest BCUT2D eigenvalue weighted by Gasteiger charge is 2.28. The Hall–Kier alpha value is -3.36. The van der Waals surface area contributed by atoms with Crippen molar-refractivity contribution in [2.24, 2.45) is 0 Å². The Morgan fingerprint density at radius 3 is 2.56 bits per heavy atom. The van der Waals surface area contributed by atoms with Gasteiger partial charge in [-0.1, -0.05) is 67.4 Å². The van der Waals surface area contributed by atoms with Crippen LogP contribution in [0.2, 0.25) is 5.02 Å². The monoisotopic (exact) mass is 496 g/mol. The van der Waals surface area contributed by atoms with E-state index in [0.717, 1.165) is 27.6 Å². The largest absolute Gasteiger partial charge is 0.383 e. The van der Waals surface area contributed by atoms with Gasteiger partial charge in [-0.25, -0.2) is 4.79 Å². The molecule has 1 amide bonds. The van der Waals surface area contributed by atoms with Gasteiger partial charge >= 0.3 is 5.69 Å². The lowest BCUT2D eigenvalue weighted by molar-refractivity contribution is 0.0990. The average Bonchev–Trinajstić information content (AvgIpc) is 3.16. The highest BCUT2D eigenvalue weighted by atomic mass is 35.5. The highest BCUT2D eigenvalue weighted by molar-refractivity contribution is 7.21. The third kappa shape index (κ3) is 4.38. The number of aromatic nitrogens is 2. The number of nitrogen functional groups attached to an aromatic ring is 1. The number of thiophene rings is 1. The third-order valence-corrected chi connectivity index (χ3v) is 7.34. The SMILES string of the molecule is CCCCN(C(=O)c1sc2cccc(C)c2c1Cl)c1c(N)n(Cc2ccccc2)c(=O)[nH]c1=O. The number of benzene rings is 2. The normalized spacial score (nSPS) is 11.1. The summed E-state index contributed by atoms with van der Waals surface area (Å²) in [6.45, 7) is 4.35. The van der Waals surface area contributed by atoms with E-state index in [0.29, 0.717) is 16.3 Å². The molecule has 176 valence electrons. The van der Waals surface area contributed by atoms with Gasteiger partial charge < -0.3 is 5.73 Å². The standard InChI is InChI=1S/C25H25ClN4O3S/c1-3-4-13-29(24(32)21-19(26)18-15(2)9-8-12-17(18)34-21)20-22(27)30(25(33)28-23(20)31)14-16-10-6-5-7-11-16/h5-12H,3-4,13-14,27H2,1-2H3,(H,28,31,33). The second-order valence-electron chi connectivity index (χ2n) is 8.07. The predicted molar refractivity (Wildman–Crippen MR) is 139 cm³/mol. The number of hydrogen-bond donors (Lipinski definition) is 2. The fraction of sp³-hybridized carbons (Fsp3) is 0.240. The van der Waals surface area contributed by atoms with Gasteiger partial charge in [0.15, 0.2) is 5.69 Å². The molecule has 4 aromatic rings. The van der Waals surface area contributed by atoms with Crippen molar-refractivity contribution in [2.45, 2.75) is 33.2 Å². The van der Waals surface area contributed by atoms with Crippen molar-refractivity contribution in [1.29, 1.82) is 0 Å². The summed E-state index contributed by atoms with van der Waals surface area (Å²) in [7, 11) is 0. The molecule has 7 nitrogen and oxygen atoms in total. The van der Waals surface area contributed by atoms with Gasteiger partial charge in [-0.2, -0.15) is 0 Å². The molecule has 0 aliphatic heterocycles. The minimum atomic E-state index is -0.704. The van der Waals surface area contributed by atoms with Crippen LogP contribution < -0.4 is 21.9 Å². The number of rotatable bonds is 7. The summed E-state index contributed by atoms with van der Waals surface area (Å²) in [6, 6.07) is 15.0. The summed E-state index contributed by atoms with van der Waals surface area (Å²) in [4.78, 5) is 43.3. The first-order chi connectivity index (χ1) is 16.3. The van der Waals surface area contributed by atoms with Crippen LogP contribution in [0, 0.1) is 6.92 Å². The number of nitrogens with zero attached hydrogens (tertiary/aromatic N) is 2. The van der Waals surface area contributed by atoms with E-state index in [9.17, 15) is 14.4 Å². The lowest BCUT2D eigenvalue weighted by Crippen LogP contribution is -2.41. The molecule has 2 aromatic heterocycles. The number of aromatic amines is 1. The Morgan fingerprint density at radius 1 is 1.15 bits per heavy atom. The number of hydrogen-bond acceptors (Lipinski definition) is 5. The van der Waals surface area contributed by atoms with Gasteiger partial charge in [0.05, 0.1) is 11.6 Å². The van der Waals surface area contributed by atoms with Gasteiger partial charge in [-0.05, 0) is 30.5 Å². The van der Waals surface area contributed by atoms with Crippen LogP contribution in [-0.2, 0) is 6.54 Å². The lowest BCUT2D eigenvalue weighted by Gasteiger charge is -2.24. The number of unbranched alkanes of at least 4 members (excludes halogenated alkanes) is 1. The van der Waals surface area contributed by atoms with E-state index in [1.807, 2.05) is 62.4 Å². The summed E-state index contributed by atoms with van der Waals surface area (Å²) in [5.41, 5.74) is 6.80. The van der Waals surface area contributed by atoms with Crippen molar-refractivity contribution in [3.8, 4) is 0 Å². The molecule has 0 saturated heterocycles. The topological polar surface area (TPSA) is 101 Å². The number of aryl methyl sites for hydroxylation is 1. The maximum atomic E-state index is 13.8. The van der Waals surface area contributed by atoms with Gasteiger partial charge in [0.2, 0.25) is 0 Å². The third-order valence-electron chi connectivity index (χ3n) is 5.71. The van der Waals surface area contributed by atoms with Crippen LogP contribution in [0.5, 0.6) is 0 Å². The smallest absolute Gasteiger partial charge is 0.330 e. The predicted octanol–water partition coefficient (Wildman–Crippen LogP) is 4.79. The van der Waals surface area contributed by atoms with Crippen molar-refractivity contribution in [1.82, 2.24) is 9.55 Å². The number of amides is 1. The van der Waals surface area contributed by atoms with Crippen LogP contribution in [0.3, 0.4) is 0 Å². The second-order valence-corrected chi connectivity index (χ2v) is 9.50. The number of carbonyl (C=O) groups excluding carboxylic acids is 1. The van der Waals surface area contributed by atoms with Crippen LogP contribution in [-0.4, -0.2) is 22.0 Å². The minimum Gasteiger partial charge on any atom is -0.383 e. The Balaban J connectivity index is 1.85. The number of nitrogens with one attached hydrogen (secondary N) is 1. The van der Waals surface area contributed by atoms with Crippen LogP contribution in [0.15, 0.2) is 58.1 Å². The zero-order valence-corrected chi connectivity index (χ0v) is 20.5. The van der Waals surface area contributed by atoms with Gasteiger partial charge in [-0.3, -0.25) is 24.0 Å². The van der Waals surface area contributed by atoms with E-state index < -0.39 is 17.2 Å². The van der Waals surface area contributed by atoms with Crippen molar-refractivity contribution in [3.05, 3.63) is 90.4 Å². The summed E-state index contributed by atoms with van der Waals surface area (Å²) in [5.74, 6) is -0.475. The van der Waals surface area contributed by atoms with Gasteiger partial charge in [0.25, 0.3) is 11.5 Å². The Morgan fingerprint density at radius 2 is 1.88 bits per heavy atom. The number of halogens is 1. The minimum absolute atomic E-state index is 0.0424. The van der Waals surface area contributed by atoms with E-state index in [-0.39, 0.29) is 24.6 Å². The molecule has 0 aliphatic carbocycles. The molecule has 0 atom stereocenters. The van der Waals surface area contributed by atoms with Crippen LogP contribution in [0.1, 0.15) is 40.6 Å². The van der Waals surface area contributed by atoms with Gasteiger partial charge in [-0.15, -0.1) is 11.3 Å². The molecular formula is C25H25ClN4O3S. The maximum Gasteiger partial charge on any atom is 0.330 e. The number of carbonyl (C=O) groups is 1. The molecule has 2 heterocycles. The van der Waals surface area contributed by atoms with Crippen LogP contribution in [0.4, 0.5) is 11.5 Å². The molecule has 0 radical (unpaired) electrons. The van der Waals surface area contributed by atoms with Crippen molar-refractivity contribution in [2.75, 3.05) is 17.2 Å². The Bertz CT molecular complexity index is 1470. The molecule has 2 aromatic carbocycles.